The Hall–Kier alpha value is -2.42. The van der Waals surface area contributed by atoms with E-state index in [0.717, 1.165) is 37.6 Å². The lowest BCUT2D eigenvalue weighted by Crippen LogP contribution is -2.39. The molecule has 0 saturated carbocycles. The maximum Gasteiger partial charge on any atom is 0.229 e. The second-order valence-corrected chi connectivity index (χ2v) is 6.91. The highest BCUT2D eigenvalue weighted by Gasteiger charge is 2.19. The van der Waals surface area contributed by atoms with E-state index in [1.54, 1.807) is 6.21 Å². The molecule has 0 unspecified atom stereocenters. The largest absolute Gasteiger partial charge is 0.378 e. The number of nitrogens with zero attached hydrogens (tertiary/aromatic N) is 5. The molecule has 4 rings (SSSR count). The zero-order valence-corrected chi connectivity index (χ0v) is 16.3. The summed E-state index contributed by atoms with van der Waals surface area (Å²) >= 11 is 6.18. The van der Waals surface area contributed by atoms with Crippen molar-refractivity contribution in [1.29, 1.82) is 0 Å². The first-order chi connectivity index (χ1) is 13.8. The van der Waals surface area contributed by atoms with Crippen LogP contribution in [0.1, 0.15) is 5.56 Å². The SMILES string of the molecule is Clc1ccccc1/C=N/Nc1cc(N2CCOCC2)nc(N2CCOCC2)n1. The molecule has 0 amide bonds. The number of nitrogens with one attached hydrogen (secondary N) is 1. The highest BCUT2D eigenvalue weighted by Crippen LogP contribution is 2.22. The molecule has 0 bridgehead atoms. The second-order valence-electron chi connectivity index (χ2n) is 6.50. The van der Waals surface area contributed by atoms with Gasteiger partial charge in [0.1, 0.15) is 5.82 Å². The number of benzene rings is 1. The number of hydrogen-bond acceptors (Lipinski definition) is 8. The predicted molar refractivity (Wildman–Crippen MR) is 111 cm³/mol. The summed E-state index contributed by atoms with van der Waals surface area (Å²) in [5.74, 6) is 2.19. The lowest BCUT2D eigenvalue weighted by Gasteiger charge is -2.31. The van der Waals surface area contributed by atoms with Crippen molar-refractivity contribution >= 4 is 35.4 Å². The van der Waals surface area contributed by atoms with Gasteiger partial charge in [0.15, 0.2) is 5.82 Å². The van der Waals surface area contributed by atoms with Crippen molar-refractivity contribution in [2.45, 2.75) is 0 Å². The van der Waals surface area contributed by atoms with Crippen molar-refractivity contribution in [3.05, 3.63) is 40.9 Å². The average molecular weight is 403 g/mol. The second kappa shape index (κ2) is 9.18. The Bertz CT molecular complexity index is 786. The fraction of sp³-hybridized carbons (Fsp3) is 0.421. The molecule has 0 radical (unpaired) electrons. The minimum atomic E-state index is 0.640. The first kappa shape index (κ1) is 18.9. The van der Waals surface area contributed by atoms with Crippen LogP contribution in [0.4, 0.5) is 17.6 Å². The topological polar surface area (TPSA) is 75.1 Å². The fourth-order valence-electron chi connectivity index (χ4n) is 3.09. The number of aromatic nitrogens is 2. The van der Waals surface area contributed by atoms with Crippen molar-refractivity contribution in [2.75, 3.05) is 67.8 Å². The third-order valence-corrected chi connectivity index (χ3v) is 4.96. The maximum atomic E-state index is 6.18. The number of ether oxygens (including phenoxy) is 2. The van der Waals surface area contributed by atoms with Gasteiger partial charge in [-0.3, -0.25) is 5.43 Å². The molecule has 2 fully saturated rings. The van der Waals surface area contributed by atoms with Gasteiger partial charge >= 0.3 is 0 Å². The quantitative estimate of drug-likeness (QED) is 0.607. The standard InChI is InChI=1S/C19H23ClN6O2/c20-16-4-2-1-3-15(16)14-21-24-17-13-18(25-5-9-27-10-6-25)23-19(22-17)26-7-11-28-12-8-26/h1-4,13-14H,5-12H2,(H,22,23,24)/b21-14+. The molecule has 1 aromatic heterocycles. The first-order valence-corrected chi connectivity index (χ1v) is 9.75. The van der Waals surface area contributed by atoms with Crippen LogP contribution in [0.2, 0.25) is 5.02 Å². The smallest absolute Gasteiger partial charge is 0.229 e. The van der Waals surface area contributed by atoms with Gasteiger partial charge in [0.25, 0.3) is 0 Å². The molecular formula is C19H23ClN6O2. The molecule has 0 aliphatic carbocycles. The maximum absolute atomic E-state index is 6.18. The van der Waals surface area contributed by atoms with Crippen LogP contribution in [0.5, 0.6) is 0 Å². The van der Waals surface area contributed by atoms with Crippen LogP contribution in [0.15, 0.2) is 35.4 Å². The minimum absolute atomic E-state index is 0.640. The Labute approximate surface area is 169 Å². The Morgan fingerprint density at radius 1 is 0.964 bits per heavy atom. The van der Waals surface area contributed by atoms with Crippen molar-refractivity contribution in [1.82, 2.24) is 9.97 Å². The van der Waals surface area contributed by atoms with E-state index in [-0.39, 0.29) is 0 Å². The minimum Gasteiger partial charge on any atom is -0.378 e. The van der Waals surface area contributed by atoms with E-state index >= 15 is 0 Å². The van der Waals surface area contributed by atoms with Crippen LogP contribution >= 0.6 is 11.6 Å². The zero-order valence-electron chi connectivity index (χ0n) is 15.6. The molecule has 1 N–H and O–H groups in total. The van der Waals surface area contributed by atoms with Crippen molar-refractivity contribution in [3.63, 3.8) is 0 Å². The molecule has 2 aliphatic rings. The van der Waals surface area contributed by atoms with Gasteiger partial charge in [-0.2, -0.15) is 15.1 Å². The van der Waals surface area contributed by atoms with Gasteiger partial charge in [0.2, 0.25) is 5.95 Å². The highest BCUT2D eigenvalue weighted by atomic mass is 35.5. The molecule has 148 valence electrons. The summed E-state index contributed by atoms with van der Waals surface area (Å²) in [6.07, 6.45) is 1.69. The van der Waals surface area contributed by atoms with E-state index in [9.17, 15) is 0 Å². The monoisotopic (exact) mass is 402 g/mol. The van der Waals surface area contributed by atoms with Crippen LogP contribution in [0.3, 0.4) is 0 Å². The lowest BCUT2D eigenvalue weighted by molar-refractivity contribution is 0.121. The molecule has 2 saturated heterocycles. The molecule has 8 nitrogen and oxygen atoms in total. The van der Waals surface area contributed by atoms with Gasteiger partial charge in [0.05, 0.1) is 32.6 Å². The Morgan fingerprint density at radius 2 is 1.64 bits per heavy atom. The first-order valence-electron chi connectivity index (χ1n) is 9.38. The molecule has 28 heavy (non-hydrogen) atoms. The highest BCUT2D eigenvalue weighted by molar-refractivity contribution is 6.33. The molecule has 3 heterocycles. The van der Waals surface area contributed by atoms with Crippen LogP contribution in [0.25, 0.3) is 0 Å². The number of morpholine rings is 2. The van der Waals surface area contributed by atoms with Gasteiger partial charge in [-0.05, 0) is 6.07 Å². The zero-order chi connectivity index (χ0) is 19.2. The third-order valence-electron chi connectivity index (χ3n) is 4.62. The van der Waals surface area contributed by atoms with E-state index in [1.165, 1.54) is 0 Å². The summed E-state index contributed by atoms with van der Waals surface area (Å²) in [6.45, 7) is 5.92. The van der Waals surface area contributed by atoms with Crippen LogP contribution in [0, 0.1) is 0 Å². The Kier molecular flexibility index (Phi) is 6.20. The number of hydrogen-bond donors (Lipinski definition) is 1. The molecule has 2 aromatic rings. The van der Waals surface area contributed by atoms with Crippen molar-refractivity contribution in [2.24, 2.45) is 5.10 Å². The summed E-state index contributed by atoms with van der Waals surface area (Å²) < 4.78 is 10.9. The predicted octanol–water partition coefficient (Wildman–Crippen LogP) is 2.25. The molecular weight excluding hydrogens is 380 g/mol. The summed E-state index contributed by atoms with van der Waals surface area (Å²) in [7, 11) is 0. The van der Waals surface area contributed by atoms with Crippen LogP contribution < -0.4 is 15.2 Å². The van der Waals surface area contributed by atoms with Crippen LogP contribution in [-0.2, 0) is 9.47 Å². The third kappa shape index (κ3) is 4.70. The number of anilines is 3. The van der Waals surface area contributed by atoms with E-state index < -0.39 is 0 Å². The molecule has 0 atom stereocenters. The molecule has 0 spiro atoms. The van der Waals surface area contributed by atoms with E-state index in [4.69, 9.17) is 26.1 Å². The number of rotatable bonds is 5. The summed E-state index contributed by atoms with van der Waals surface area (Å²) in [5.41, 5.74) is 3.86. The van der Waals surface area contributed by atoms with Crippen molar-refractivity contribution in [3.8, 4) is 0 Å². The summed E-state index contributed by atoms with van der Waals surface area (Å²) in [4.78, 5) is 13.8. The van der Waals surface area contributed by atoms with Crippen molar-refractivity contribution < 1.29 is 9.47 Å². The van der Waals surface area contributed by atoms with Gasteiger partial charge in [0, 0.05) is 42.8 Å². The number of halogens is 1. The van der Waals surface area contributed by atoms with Gasteiger partial charge in [-0.15, -0.1) is 0 Å². The van der Waals surface area contributed by atoms with E-state index in [1.807, 2.05) is 30.3 Å². The number of hydrazone groups is 1. The lowest BCUT2D eigenvalue weighted by atomic mass is 10.2. The molecule has 2 aliphatic heterocycles. The summed E-state index contributed by atoms with van der Waals surface area (Å²) in [5, 5.41) is 4.96. The van der Waals surface area contributed by atoms with Gasteiger partial charge in [-0.25, -0.2) is 0 Å². The Morgan fingerprint density at radius 3 is 2.36 bits per heavy atom. The molecule has 1 aromatic carbocycles. The average Bonchev–Trinajstić information content (AvgIpc) is 2.76. The van der Waals surface area contributed by atoms with Gasteiger partial charge < -0.3 is 19.3 Å². The van der Waals surface area contributed by atoms with Crippen LogP contribution in [-0.4, -0.2) is 68.8 Å². The summed E-state index contributed by atoms with van der Waals surface area (Å²) in [6, 6.07) is 9.47. The van der Waals surface area contributed by atoms with Gasteiger partial charge in [-0.1, -0.05) is 29.8 Å². The Balaban J connectivity index is 1.56. The fourth-order valence-corrected chi connectivity index (χ4v) is 3.27. The van der Waals surface area contributed by atoms with E-state index in [0.29, 0.717) is 43.2 Å². The molecule has 9 heteroatoms. The normalized spacial score (nSPS) is 17.9. The van der Waals surface area contributed by atoms with E-state index in [2.05, 4.69) is 25.3 Å².